The number of hydrogen-bond donors (Lipinski definition) is 2. The van der Waals surface area contributed by atoms with Crippen LogP contribution in [0.5, 0.6) is 0 Å². The highest BCUT2D eigenvalue weighted by atomic mass is 16.2. The number of pyridine rings is 2. The molecule has 0 radical (unpaired) electrons. The first-order valence-corrected chi connectivity index (χ1v) is 8.44. The lowest BCUT2D eigenvalue weighted by Gasteiger charge is -2.10. The Bertz CT molecular complexity index is 983. The van der Waals surface area contributed by atoms with Crippen molar-refractivity contribution in [1.29, 1.82) is 0 Å². The van der Waals surface area contributed by atoms with Crippen LogP contribution >= 0.6 is 0 Å². The summed E-state index contributed by atoms with van der Waals surface area (Å²) in [5, 5.41) is 4.96. The maximum atomic E-state index is 12.1. The number of amides is 1. The van der Waals surface area contributed by atoms with Gasteiger partial charge in [-0.2, -0.15) is 0 Å². The second-order valence-corrected chi connectivity index (χ2v) is 6.84. The number of benzene rings is 1. The second kappa shape index (κ2) is 5.84. The van der Waals surface area contributed by atoms with Crippen molar-refractivity contribution in [3.05, 3.63) is 48.4 Å². The van der Waals surface area contributed by atoms with Crippen LogP contribution in [-0.2, 0) is 4.79 Å². The van der Waals surface area contributed by atoms with E-state index in [9.17, 15) is 4.79 Å². The number of anilines is 2. The lowest BCUT2D eigenvalue weighted by atomic mass is 9.99. The molecule has 1 saturated carbocycles. The van der Waals surface area contributed by atoms with Crippen LogP contribution in [0.2, 0.25) is 0 Å². The van der Waals surface area contributed by atoms with Crippen molar-refractivity contribution in [1.82, 2.24) is 9.97 Å². The lowest BCUT2D eigenvalue weighted by Crippen LogP contribution is -2.15. The van der Waals surface area contributed by atoms with Gasteiger partial charge in [0, 0.05) is 29.3 Å². The lowest BCUT2D eigenvalue weighted by molar-refractivity contribution is -0.117. The van der Waals surface area contributed by atoms with Gasteiger partial charge in [0.25, 0.3) is 0 Å². The second-order valence-electron chi connectivity index (χ2n) is 6.84. The smallest absolute Gasteiger partial charge is 0.228 e. The van der Waals surface area contributed by atoms with Crippen molar-refractivity contribution >= 4 is 28.2 Å². The van der Waals surface area contributed by atoms with E-state index < -0.39 is 0 Å². The number of carbonyl (C=O) groups is 1. The number of hydrogen-bond acceptors (Lipinski definition) is 4. The quantitative estimate of drug-likeness (QED) is 0.765. The molecule has 1 aromatic carbocycles. The molecule has 2 unspecified atom stereocenters. The van der Waals surface area contributed by atoms with E-state index in [1.165, 1.54) is 0 Å². The van der Waals surface area contributed by atoms with Crippen LogP contribution in [-0.4, -0.2) is 15.9 Å². The van der Waals surface area contributed by atoms with E-state index in [0.717, 1.165) is 33.9 Å². The number of carbonyl (C=O) groups excluding carboxylic acids is 1. The molecule has 1 aliphatic carbocycles. The fourth-order valence-corrected chi connectivity index (χ4v) is 3.12. The molecule has 0 saturated heterocycles. The van der Waals surface area contributed by atoms with Gasteiger partial charge in [-0.3, -0.25) is 9.78 Å². The molecule has 4 rings (SSSR count). The summed E-state index contributed by atoms with van der Waals surface area (Å²) >= 11 is 0. The summed E-state index contributed by atoms with van der Waals surface area (Å²) in [5.41, 5.74) is 9.73. The molecule has 3 N–H and O–H groups in total. The number of nitrogens with one attached hydrogen (secondary N) is 1. The predicted octanol–water partition coefficient (Wildman–Crippen LogP) is 3.78. The Hall–Kier alpha value is -2.95. The highest BCUT2D eigenvalue weighted by Crippen LogP contribution is 2.38. The minimum absolute atomic E-state index is 0.0671. The molecule has 5 nitrogen and oxygen atoms in total. The molecule has 1 fully saturated rings. The van der Waals surface area contributed by atoms with Crippen LogP contribution in [0.4, 0.5) is 11.5 Å². The molecule has 5 heteroatoms. The van der Waals surface area contributed by atoms with Crippen LogP contribution in [0, 0.1) is 18.8 Å². The van der Waals surface area contributed by atoms with Gasteiger partial charge in [0.1, 0.15) is 5.82 Å². The first kappa shape index (κ1) is 15.6. The van der Waals surface area contributed by atoms with Gasteiger partial charge in [-0.1, -0.05) is 19.1 Å². The number of aromatic nitrogens is 2. The summed E-state index contributed by atoms with van der Waals surface area (Å²) < 4.78 is 0. The van der Waals surface area contributed by atoms with E-state index in [2.05, 4.69) is 28.3 Å². The Balaban J connectivity index is 1.65. The van der Waals surface area contributed by atoms with Gasteiger partial charge >= 0.3 is 0 Å². The molecule has 2 aromatic heterocycles. The minimum atomic E-state index is 0.0671. The number of rotatable bonds is 3. The first-order chi connectivity index (χ1) is 12.0. The van der Waals surface area contributed by atoms with Crippen LogP contribution in [0.1, 0.15) is 18.9 Å². The predicted molar refractivity (Wildman–Crippen MR) is 100 cm³/mol. The summed E-state index contributed by atoms with van der Waals surface area (Å²) in [5.74, 6) is 1.29. The van der Waals surface area contributed by atoms with Crippen molar-refractivity contribution in [2.24, 2.45) is 11.8 Å². The molecule has 3 aromatic rings. The molecule has 0 spiro atoms. The molecule has 1 amide bonds. The van der Waals surface area contributed by atoms with Crippen LogP contribution < -0.4 is 11.1 Å². The Morgan fingerprint density at radius 1 is 1.20 bits per heavy atom. The Kier molecular flexibility index (Phi) is 3.64. The topological polar surface area (TPSA) is 80.9 Å². The van der Waals surface area contributed by atoms with Crippen molar-refractivity contribution in [3.63, 3.8) is 0 Å². The van der Waals surface area contributed by atoms with E-state index in [4.69, 9.17) is 5.73 Å². The third-order valence-corrected chi connectivity index (χ3v) is 4.98. The van der Waals surface area contributed by atoms with Gasteiger partial charge in [0.2, 0.25) is 5.91 Å². The number of nitrogens with two attached hydrogens (primary N) is 1. The summed E-state index contributed by atoms with van der Waals surface area (Å²) in [6.45, 7) is 4.08. The molecule has 2 heterocycles. The monoisotopic (exact) mass is 332 g/mol. The summed E-state index contributed by atoms with van der Waals surface area (Å²) in [6.07, 6.45) is 6.25. The number of nitrogen functional groups attached to an aromatic ring is 1. The molecule has 2 atom stereocenters. The average Bonchev–Trinajstić information content (AvgIpc) is 3.34. The maximum Gasteiger partial charge on any atom is 0.228 e. The first-order valence-electron chi connectivity index (χ1n) is 8.44. The van der Waals surface area contributed by atoms with Gasteiger partial charge in [0.15, 0.2) is 0 Å². The van der Waals surface area contributed by atoms with Crippen LogP contribution in [0.25, 0.3) is 21.9 Å². The average molecular weight is 332 g/mol. The van der Waals surface area contributed by atoms with E-state index in [0.29, 0.717) is 17.4 Å². The fourth-order valence-electron chi connectivity index (χ4n) is 3.12. The summed E-state index contributed by atoms with van der Waals surface area (Å²) in [4.78, 5) is 20.6. The largest absolute Gasteiger partial charge is 0.397 e. The Morgan fingerprint density at radius 2 is 2.00 bits per heavy atom. The van der Waals surface area contributed by atoms with Gasteiger partial charge in [-0.05, 0) is 47.9 Å². The van der Waals surface area contributed by atoms with Crippen molar-refractivity contribution in [2.75, 3.05) is 11.1 Å². The summed E-state index contributed by atoms with van der Waals surface area (Å²) in [6, 6.07) is 8.06. The zero-order valence-electron chi connectivity index (χ0n) is 14.3. The number of nitrogens with zero attached hydrogens (tertiary/aromatic N) is 2. The highest BCUT2D eigenvalue weighted by Gasteiger charge is 2.39. The highest BCUT2D eigenvalue weighted by molar-refractivity contribution is 5.96. The third kappa shape index (κ3) is 2.93. The Morgan fingerprint density at radius 3 is 2.76 bits per heavy atom. The number of fused-ring (bicyclic) bond motifs is 1. The zero-order chi connectivity index (χ0) is 17.6. The molecule has 126 valence electrons. The fraction of sp³-hybridized carbons (Fsp3) is 0.250. The van der Waals surface area contributed by atoms with Crippen LogP contribution in [0.3, 0.4) is 0 Å². The van der Waals surface area contributed by atoms with E-state index in [1.807, 2.05) is 31.3 Å². The van der Waals surface area contributed by atoms with E-state index in [1.54, 1.807) is 12.4 Å². The molecular weight excluding hydrogens is 312 g/mol. The zero-order valence-corrected chi connectivity index (χ0v) is 14.3. The van der Waals surface area contributed by atoms with Gasteiger partial charge in [-0.25, -0.2) is 4.98 Å². The van der Waals surface area contributed by atoms with Crippen molar-refractivity contribution in [2.45, 2.75) is 20.3 Å². The molecule has 1 aliphatic rings. The molecular formula is C20H20N4O. The normalized spacial score (nSPS) is 19.0. The maximum absolute atomic E-state index is 12.1. The van der Waals surface area contributed by atoms with Crippen molar-refractivity contribution < 1.29 is 4.79 Å². The SMILES string of the molecule is Cc1c(N)cncc1-c1ccc2cc(NC(=O)C3CC3C)ncc2c1. The molecule has 0 bridgehead atoms. The minimum Gasteiger partial charge on any atom is -0.397 e. The van der Waals surface area contributed by atoms with Gasteiger partial charge in [-0.15, -0.1) is 0 Å². The Labute approximate surface area is 146 Å². The van der Waals surface area contributed by atoms with E-state index >= 15 is 0 Å². The van der Waals surface area contributed by atoms with Gasteiger partial charge in [0.05, 0.1) is 11.9 Å². The summed E-state index contributed by atoms with van der Waals surface area (Å²) in [7, 11) is 0. The molecule has 25 heavy (non-hydrogen) atoms. The standard InChI is InChI=1S/C20H20N4O/c1-11-5-16(11)20(25)24-19-7-13-3-4-14(6-15(13)8-23-19)17-9-22-10-18(21)12(17)2/h3-4,6-11,16H,5,21H2,1-2H3,(H,23,24,25). The van der Waals surface area contributed by atoms with E-state index in [-0.39, 0.29) is 11.8 Å². The van der Waals surface area contributed by atoms with Crippen molar-refractivity contribution in [3.8, 4) is 11.1 Å². The molecule has 0 aliphatic heterocycles. The van der Waals surface area contributed by atoms with Crippen LogP contribution in [0.15, 0.2) is 42.9 Å². The third-order valence-electron chi connectivity index (χ3n) is 4.98. The van der Waals surface area contributed by atoms with Gasteiger partial charge < -0.3 is 11.1 Å².